The Bertz CT molecular complexity index is 307. The zero-order valence-electron chi connectivity index (χ0n) is 15.8. The fourth-order valence-corrected chi connectivity index (χ4v) is 3.92. The lowest BCUT2D eigenvalue weighted by molar-refractivity contribution is -0.0293. The van der Waals surface area contributed by atoms with Gasteiger partial charge in [-0.3, -0.25) is 0 Å². The Labute approximate surface area is 134 Å². The van der Waals surface area contributed by atoms with Crippen molar-refractivity contribution in [2.75, 3.05) is 7.11 Å². The van der Waals surface area contributed by atoms with Gasteiger partial charge in [-0.05, 0) is 30.5 Å². The molecule has 21 heavy (non-hydrogen) atoms. The Kier molecular flexibility index (Phi) is 8.44. The molecule has 0 unspecified atom stereocenters. The molecule has 0 radical (unpaired) electrons. The largest absolute Gasteiger partial charge is 0.413 e. The summed E-state index contributed by atoms with van der Waals surface area (Å²) in [7, 11) is 0.0491. The van der Waals surface area contributed by atoms with Crippen LogP contribution in [-0.4, -0.2) is 27.6 Å². The summed E-state index contributed by atoms with van der Waals surface area (Å²) in [5.41, 5.74) is 0. The second-order valence-electron chi connectivity index (χ2n) is 7.89. The highest BCUT2D eigenvalue weighted by Crippen LogP contribution is 2.39. The topological polar surface area (TPSA) is 18.5 Å². The molecule has 0 saturated heterocycles. The minimum absolute atomic E-state index is 0.197. The highest BCUT2D eigenvalue weighted by Gasteiger charge is 2.41. The van der Waals surface area contributed by atoms with Gasteiger partial charge in [0.2, 0.25) is 0 Å². The Morgan fingerprint density at radius 2 is 1.71 bits per heavy atom. The highest BCUT2D eigenvalue weighted by atomic mass is 28.4. The second kappa shape index (κ2) is 8.49. The van der Waals surface area contributed by atoms with Crippen molar-refractivity contribution < 1.29 is 9.16 Å². The molecule has 0 fully saturated rings. The van der Waals surface area contributed by atoms with Crippen LogP contribution < -0.4 is 0 Å². The molecule has 0 N–H and O–H groups in total. The van der Waals surface area contributed by atoms with E-state index in [1.807, 2.05) is 13.2 Å². The number of methoxy groups -OCH3 is 1. The van der Waals surface area contributed by atoms with E-state index >= 15 is 0 Å². The van der Waals surface area contributed by atoms with E-state index in [1.165, 1.54) is 0 Å². The Balaban J connectivity index is 5.16. The van der Waals surface area contributed by atoms with E-state index in [9.17, 15) is 0 Å². The van der Waals surface area contributed by atoms with Crippen molar-refractivity contribution in [1.29, 1.82) is 0 Å². The summed E-state index contributed by atoms with van der Waals surface area (Å²) < 4.78 is 12.5. The average molecular weight is 315 g/mol. The van der Waals surface area contributed by atoms with Crippen LogP contribution >= 0.6 is 0 Å². The van der Waals surface area contributed by atoms with Crippen molar-refractivity contribution in [1.82, 2.24) is 0 Å². The molecule has 0 amide bonds. The summed E-state index contributed by atoms with van der Waals surface area (Å²) in [6.45, 7) is 22.2. The third-order valence-electron chi connectivity index (χ3n) is 5.23. The summed E-state index contributed by atoms with van der Waals surface area (Å²) in [5.74, 6) is 0.914. The molecule has 0 aliphatic carbocycles. The molecule has 2 nitrogen and oxygen atoms in total. The summed E-state index contributed by atoms with van der Waals surface area (Å²) in [6, 6.07) is 0. The quantitative estimate of drug-likeness (QED) is 0.404. The van der Waals surface area contributed by atoms with Crippen molar-refractivity contribution in [3.8, 4) is 0 Å². The van der Waals surface area contributed by atoms with Crippen LogP contribution in [0, 0.1) is 11.8 Å². The predicted molar refractivity (Wildman–Crippen MR) is 96.3 cm³/mol. The van der Waals surface area contributed by atoms with E-state index < -0.39 is 8.32 Å². The van der Waals surface area contributed by atoms with E-state index in [0.717, 1.165) is 12.8 Å². The van der Waals surface area contributed by atoms with Gasteiger partial charge in [0.25, 0.3) is 0 Å². The molecule has 4 atom stereocenters. The van der Waals surface area contributed by atoms with Gasteiger partial charge in [0, 0.05) is 13.0 Å². The van der Waals surface area contributed by atoms with Gasteiger partial charge < -0.3 is 9.16 Å². The molecule has 0 saturated carbocycles. The van der Waals surface area contributed by atoms with Crippen LogP contribution in [0.3, 0.4) is 0 Å². The SMILES string of the molecule is C=CC[C@H](O[Si](C)(C)C(C)(C)C)[C@H](C)[C@H](OC)[C@@H](C)CC. The number of hydrogen-bond donors (Lipinski definition) is 0. The van der Waals surface area contributed by atoms with E-state index in [4.69, 9.17) is 9.16 Å². The normalized spacial score (nSPS) is 18.9. The minimum atomic E-state index is -1.77. The third kappa shape index (κ3) is 5.88. The summed E-state index contributed by atoms with van der Waals surface area (Å²) in [4.78, 5) is 0. The van der Waals surface area contributed by atoms with Gasteiger partial charge in [-0.2, -0.15) is 0 Å². The van der Waals surface area contributed by atoms with Crippen LogP contribution in [0.4, 0.5) is 0 Å². The average Bonchev–Trinajstić information content (AvgIpc) is 2.37. The van der Waals surface area contributed by atoms with Crippen LogP contribution in [0.25, 0.3) is 0 Å². The fourth-order valence-electron chi connectivity index (χ4n) is 2.50. The first kappa shape index (κ1) is 20.9. The van der Waals surface area contributed by atoms with E-state index in [-0.39, 0.29) is 17.2 Å². The number of hydrogen-bond acceptors (Lipinski definition) is 2. The maximum absolute atomic E-state index is 6.67. The van der Waals surface area contributed by atoms with Gasteiger partial charge in [0.1, 0.15) is 0 Å². The summed E-state index contributed by atoms with van der Waals surface area (Å²) in [5, 5.41) is 0.227. The van der Waals surface area contributed by atoms with E-state index in [0.29, 0.717) is 11.8 Å². The molecule has 0 spiro atoms. The van der Waals surface area contributed by atoms with Crippen molar-refractivity contribution in [3.05, 3.63) is 12.7 Å². The van der Waals surface area contributed by atoms with E-state index in [2.05, 4.69) is 61.2 Å². The molecule has 0 aromatic rings. The lowest BCUT2D eigenvalue weighted by Crippen LogP contribution is -2.48. The Morgan fingerprint density at radius 3 is 2.05 bits per heavy atom. The number of rotatable bonds is 9. The van der Waals surface area contributed by atoms with Gasteiger partial charge in [-0.25, -0.2) is 0 Å². The molecule has 0 aromatic carbocycles. The molecule has 0 aromatic heterocycles. The Hall–Kier alpha value is -0.123. The lowest BCUT2D eigenvalue weighted by Gasteiger charge is -2.42. The molecule has 0 aliphatic rings. The molecular formula is C18H38O2Si. The third-order valence-corrected chi connectivity index (χ3v) is 9.74. The predicted octanol–water partition coefficient (Wildman–Crippen LogP) is 5.65. The smallest absolute Gasteiger partial charge is 0.192 e. The molecule has 126 valence electrons. The molecule has 0 heterocycles. The van der Waals surface area contributed by atoms with Gasteiger partial charge in [0.15, 0.2) is 8.32 Å². The van der Waals surface area contributed by atoms with Crippen LogP contribution in [0.2, 0.25) is 18.1 Å². The summed E-state index contributed by atoms with van der Waals surface area (Å²) in [6.07, 6.45) is 4.44. The van der Waals surface area contributed by atoms with Crippen molar-refractivity contribution >= 4 is 8.32 Å². The minimum Gasteiger partial charge on any atom is -0.413 e. The fraction of sp³-hybridized carbons (Fsp3) is 0.889. The maximum Gasteiger partial charge on any atom is 0.192 e. The van der Waals surface area contributed by atoms with Crippen LogP contribution in [-0.2, 0) is 9.16 Å². The van der Waals surface area contributed by atoms with Crippen LogP contribution in [0.1, 0.15) is 54.4 Å². The van der Waals surface area contributed by atoms with Crippen molar-refractivity contribution in [2.45, 2.75) is 84.7 Å². The standard InChI is InChI=1S/C18H38O2Si/c1-11-13-16(20-21(9,10)18(5,6)7)15(4)17(19-8)14(3)12-2/h11,14-17H,1,12-13H2,2-10H3/t14-,15-,16-,17+/m0/s1. The van der Waals surface area contributed by atoms with Crippen LogP contribution in [0.15, 0.2) is 12.7 Å². The maximum atomic E-state index is 6.67. The number of ether oxygens (including phenoxy) is 1. The highest BCUT2D eigenvalue weighted by molar-refractivity contribution is 6.74. The van der Waals surface area contributed by atoms with Gasteiger partial charge in [-0.15, -0.1) is 6.58 Å². The monoisotopic (exact) mass is 314 g/mol. The molecular weight excluding hydrogens is 276 g/mol. The zero-order valence-corrected chi connectivity index (χ0v) is 16.8. The molecule has 0 bridgehead atoms. The zero-order chi connectivity index (χ0) is 16.8. The first-order valence-corrected chi connectivity index (χ1v) is 11.2. The van der Waals surface area contributed by atoms with Gasteiger partial charge in [-0.1, -0.05) is 54.0 Å². The summed E-state index contributed by atoms with van der Waals surface area (Å²) >= 11 is 0. The first-order valence-electron chi connectivity index (χ1n) is 8.33. The van der Waals surface area contributed by atoms with Crippen molar-refractivity contribution in [2.24, 2.45) is 11.8 Å². The second-order valence-corrected chi connectivity index (χ2v) is 12.6. The van der Waals surface area contributed by atoms with Crippen molar-refractivity contribution in [3.63, 3.8) is 0 Å². The Morgan fingerprint density at radius 1 is 1.19 bits per heavy atom. The molecule has 0 rings (SSSR count). The van der Waals surface area contributed by atoms with Gasteiger partial charge in [0.05, 0.1) is 12.2 Å². The lowest BCUT2D eigenvalue weighted by atomic mass is 9.86. The van der Waals surface area contributed by atoms with Gasteiger partial charge >= 0.3 is 0 Å². The molecule has 3 heteroatoms. The molecule has 0 aliphatic heterocycles. The van der Waals surface area contributed by atoms with Crippen LogP contribution in [0.5, 0.6) is 0 Å². The van der Waals surface area contributed by atoms with E-state index in [1.54, 1.807) is 0 Å². The first-order chi connectivity index (χ1) is 9.51.